The molecule has 0 spiro atoms. The molecule has 0 amide bonds. The summed E-state index contributed by atoms with van der Waals surface area (Å²) in [6.07, 6.45) is 5.27. The molecule has 1 heterocycles. The standard InChI is InChI=1S/C15H21NO2/c1-16(2)13(12-4-3-5-12)8-11-6-7-14-15(9-11)18-10-17-14/h6-7,9,12-13H,3-5,8,10H2,1-2H3. The van der Waals surface area contributed by atoms with Crippen LogP contribution in [0.25, 0.3) is 0 Å². The van der Waals surface area contributed by atoms with Crippen molar-refractivity contribution < 1.29 is 9.47 Å². The molecule has 0 radical (unpaired) electrons. The molecular weight excluding hydrogens is 226 g/mol. The molecule has 1 aromatic rings. The van der Waals surface area contributed by atoms with E-state index in [4.69, 9.17) is 9.47 Å². The van der Waals surface area contributed by atoms with E-state index >= 15 is 0 Å². The SMILES string of the molecule is CN(C)C(Cc1ccc2c(c1)OCO2)C1CCC1. The van der Waals surface area contributed by atoms with Crippen LogP contribution in [0.3, 0.4) is 0 Å². The summed E-state index contributed by atoms with van der Waals surface area (Å²) in [5.74, 6) is 2.65. The molecule has 0 saturated heterocycles. The second-order valence-corrected chi connectivity index (χ2v) is 5.61. The lowest BCUT2D eigenvalue weighted by atomic mass is 9.77. The van der Waals surface area contributed by atoms with Gasteiger partial charge in [-0.25, -0.2) is 0 Å². The van der Waals surface area contributed by atoms with Crippen LogP contribution in [0.2, 0.25) is 0 Å². The molecule has 1 aliphatic carbocycles. The van der Waals surface area contributed by atoms with E-state index in [1.165, 1.54) is 24.8 Å². The molecule has 0 bridgehead atoms. The van der Waals surface area contributed by atoms with Crippen LogP contribution >= 0.6 is 0 Å². The van der Waals surface area contributed by atoms with Crippen molar-refractivity contribution >= 4 is 0 Å². The van der Waals surface area contributed by atoms with Crippen LogP contribution < -0.4 is 9.47 Å². The molecule has 3 heteroatoms. The van der Waals surface area contributed by atoms with E-state index in [1.54, 1.807) is 0 Å². The normalized spacial score (nSPS) is 19.9. The first-order chi connectivity index (χ1) is 8.74. The van der Waals surface area contributed by atoms with Gasteiger partial charge >= 0.3 is 0 Å². The molecule has 98 valence electrons. The summed E-state index contributed by atoms with van der Waals surface area (Å²) in [6.45, 7) is 0.360. The van der Waals surface area contributed by atoms with Gasteiger partial charge in [-0.1, -0.05) is 12.5 Å². The Labute approximate surface area is 109 Å². The first kappa shape index (κ1) is 11.8. The molecule has 1 aromatic carbocycles. The van der Waals surface area contributed by atoms with Gasteiger partial charge in [0.25, 0.3) is 0 Å². The van der Waals surface area contributed by atoms with Crippen LogP contribution in [0.15, 0.2) is 18.2 Å². The molecule has 1 saturated carbocycles. The lowest BCUT2D eigenvalue weighted by Crippen LogP contribution is -2.40. The third-order valence-electron chi connectivity index (χ3n) is 4.24. The minimum absolute atomic E-state index is 0.360. The maximum Gasteiger partial charge on any atom is 0.231 e. The van der Waals surface area contributed by atoms with Crippen molar-refractivity contribution in [1.82, 2.24) is 4.90 Å². The van der Waals surface area contributed by atoms with E-state index in [9.17, 15) is 0 Å². The van der Waals surface area contributed by atoms with E-state index < -0.39 is 0 Å². The second kappa shape index (κ2) is 4.81. The highest BCUT2D eigenvalue weighted by atomic mass is 16.7. The summed E-state index contributed by atoms with van der Waals surface area (Å²) < 4.78 is 10.8. The Balaban J connectivity index is 1.74. The van der Waals surface area contributed by atoms with Crippen molar-refractivity contribution in [3.63, 3.8) is 0 Å². The minimum Gasteiger partial charge on any atom is -0.454 e. The van der Waals surface area contributed by atoms with Crippen LogP contribution in [0, 0.1) is 5.92 Å². The summed E-state index contributed by atoms with van der Waals surface area (Å²) in [4.78, 5) is 2.37. The average molecular weight is 247 g/mol. The Kier molecular flexibility index (Phi) is 3.16. The lowest BCUT2D eigenvalue weighted by Gasteiger charge is -2.38. The molecular formula is C15H21NO2. The van der Waals surface area contributed by atoms with Gasteiger partial charge in [-0.2, -0.15) is 0 Å². The molecule has 0 N–H and O–H groups in total. The Bertz CT molecular complexity index is 427. The van der Waals surface area contributed by atoms with Gasteiger partial charge in [-0.3, -0.25) is 0 Å². The third-order valence-corrected chi connectivity index (χ3v) is 4.24. The smallest absolute Gasteiger partial charge is 0.231 e. The highest BCUT2D eigenvalue weighted by Crippen LogP contribution is 2.36. The van der Waals surface area contributed by atoms with Crippen LogP contribution in [0.4, 0.5) is 0 Å². The van der Waals surface area contributed by atoms with E-state index in [1.807, 2.05) is 6.07 Å². The van der Waals surface area contributed by atoms with Crippen molar-refractivity contribution in [3.8, 4) is 11.5 Å². The first-order valence-electron chi connectivity index (χ1n) is 6.79. The fraction of sp³-hybridized carbons (Fsp3) is 0.600. The van der Waals surface area contributed by atoms with Crippen molar-refractivity contribution in [3.05, 3.63) is 23.8 Å². The number of nitrogens with zero attached hydrogens (tertiary/aromatic N) is 1. The van der Waals surface area contributed by atoms with E-state index in [-0.39, 0.29) is 0 Å². The Morgan fingerprint density at radius 2 is 2.00 bits per heavy atom. The Morgan fingerprint density at radius 3 is 2.67 bits per heavy atom. The summed E-state index contributed by atoms with van der Waals surface area (Å²) in [6, 6.07) is 6.99. The fourth-order valence-electron chi connectivity index (χ4n) is 2.90. The van der Waals surface area contributed by atoms with Gasteiger partial charge in [-0.15, -0.1) is 0 Å². The summed E-state index contributed by atoms with van der Waals surface area (Å²) >= 11 is 0. The number of rotatable bonds is 4. The highest BCUT2D eigenvalue weighted by molar-refractivity contribution is 5.44. The average Bonchev–Trinajstić information content (AvgIpc) is 2.72. The molecule has 1 fully saturated rings. The topological polar surface area (TPSA) is 21.7 Å². The van der Waals surface area contributed by atoms with E-state index in [0.717, 1.165) is 23.8 Å². The van der Waals surface area contributed by atoms with Crippen molar-refractivity contribution in [2.75, 3.05) is 20.9 Å². The zero-order chi connectivity index (χ0) is 12.5. The molecule has 2 aliphatic rings. The maximum atomic E-state index is 5.45. The van der Waals surface area contributed by atoms with Gasteiger partial charge in [0.05, 0.1) is 0 Å². The first-order valence-corrected chi connectivity index (χ1v) is 6.79. The van der Waals surface area contributed by atoms with Crippen LogP contribution in [0.1, 0.15) is 24.8 Å². The van der Waals surface area contributed by atoms with Gasteiger partial charge in [0.15, 0.2) is 11.5 Å². The Morgan fingerprint density at radius 1 is 1.22 bits per heavy atom. The zero-order valence-electron chi connectivity index (χ0n) is 11.2. The predicted octanol–water partition coefficient (Wildman–Crippen LogP) is 2.69. The predicted molar refractivity (Wildman–Crippen MR) is 71.1 cm³/mol. The van der Waals surface area contributed by atoms with Gasteiger partial charge < -0.3 is 14.4 Å². The zero-order valence-corrected chi connectivity index (χ0v) is 11.2. The lowest BCUT2D eigenvalue weighted by molar-refractivity contribution is 0.140. The number of likely N-dealkylation sites (N-methyl/N-ethyl adjacent to an activating group) is 1. The number of fused-ring (bicyclic) bond motifs is 1. The van der Waals surface area contributed by atoms with Crippen LogP contribution in [-0.2, 0) is 6.42 Å². The maximum absolute atomic E-state index is 5.45. The molecule has 1 atom stereocenters. The molecule has 3 nitrogen and oxygen atoms in total. The molecule has 0 aromatic heterocycles. The number of ether oxygens (including phenoxy) is 2. The minimum atomic E-state index is 0.360. The molecule has 1 unspecified atom stereocenters. The largest absolute Gasteiger partial charge is 0.454 e. The Hall–Kier alpha value is -1.22. The summed E-state index contributed by atoms with van der Waals surface area (Å²) in [5, 5.41) is 0. The van der Waals surface area contributed by atoms with Gasteiger partial charge in [0.2, 0.25) is 6.79 Å². The van der Waals surface area contributed by atoms with Gasteiger partial charge in [0, 0.05) is 6.04 Å². The molecule has 3 rings (SSSR count). The second-order valence-electron chi connectivity index (χ2n) is 5.61. The van der Waals surface area contributed by atoms with E-state index in [0.29, 0.717) is 12.8 Å². The third kappa shape index (κ3) is 2.19. The van der Waals surface area contributed by atoms with Gasteiger partial charge in [-0.05, 0) is 57.0 Å². The molecule has 1 aliphatic heterocycles. The summed E-state index contributed by atoms with van der Waals surface area (Å²) in [5.41, 5.74) is 1.35. The van der Waals surface area contributed by atoms with Crippen molar-refractivity contribution in [1.29, 1.82) is 0 Å². The quantitative estimate of drug-likeness (QED) is 0.816. The van der Waals surface area contributed by atoms with Crippen molar-refractivity contribution in [2.45, 2.75) is 31.7 Å². The summed E-state index contributed by atoms with van der Waals surface area (Å²) in [7, 11) is 4.38. The fourth-order valence-corrected chi connectivity index (χ4v) is 2.90. The van der Waals surface area contributed by atoms with Crippen LogP contribution in [-0.4, -0.2) is 31.8 Å². The van der Waals surface area contributed by atoms with Crippen LogP contribution in [0.5, 0.6) is 11.5 Å². The highest BCUT2D eigenvalue weighted by Gasteiger charge is 2.29. The monoisotopic (exact) mass is 247 g/mol. The molecule has 18 heavy (non-hydrogen) atoms. The van der Waals surface area contributed by atoms with Gasteiger partial charge in [0.1, 0.15) is 0 Å². The van der Waals surface area contributed by atoms with E-state index in [2.05, 4.69) is 31.1 Å². The van der Waals surface area contributed by atoms with Crippen molar-refractivity contribution in [2.24, 2.45) is 5.92 Å². The number of benzene rings is 1. The number of hydrogen-bond donors (Lipinski definition) is 0. The number of hydrogen-bond acceptors (Lipinski definition) is 3.